The van der Waals surface area contributed by atoms with Gasteiger partial charge < -0.3 is 0 Å². The Bertz CT molecular complexity index is 521. The fourth-order valence-corrected chi connectivity index (χ4v) is 1.53. The molecule has 0 saturated carbocycles. The molecule has 1 heterocycles. The van der Waals surface area contributed by atoms with Crippen LogP contribution in [0.4, 0.5) is 5.69 Å². The maximum absolute atomic E-state index is 10.1. The zero-order chi connectivity index (χ0) is 11.4. The second kappa shape index (κ2) is 4.55. The number of aliphatic imine (C=N–C) groups is 1. The summed E-state index contributed by atoms with van der Waals surface area (Å²) in [6.45, 7) is 0.811. The fraction of sp³-hybridized carbons (Fsp3) is 0.167. The highest BCUT2D eigenvalue weighted by atomic mass is 16.1. The molecule has 0 aliphatic heterocycles. The van der Waals surface area contributed by atoms with Crippen molar-refractivity contribution in [2.45, 2.75) is 6.54 Å². The van der Waals surface area contributed by atoms with Crippen molar-refractivity contribution < 1.29 is 9.36 Å². The Morgan fingerprint density at radius 3 is 2.69 bits per heavy atom. The predicted octanol–water partition coefficient (Wildman–Crippen LogP) is 1.33. The molecule has 1 aromatic carbocycles. The predicted molar refractivity (Wildman–Crippen MR) is 58.9 cm³/mol. The van der Waals surface area contributed by atoms with Gasteiger partial charge >= 0.3 is 0 Å². The minimum Gasteiger partial charge on any atom is -0.240 e. The SMILES string of the molecule is C[n+]1ccn(Cc2ccc(N=C=O)cc2)c1. The number of hydrogen-bond donors (Lipinski definition) is 0. The third-order valence-corrected chi connectivity index (χ3v) is 2.30. The van der Waals surface area contributed by atoms with Crippen molar-refractivity contribution in [2.24, 2.45) is 12.0 Å². The molecule has 0 radical (unpaired) electrons. The van der Waals surface area contributed by atoms with E-state index in [1.807, 2.05) is 54.6 Å². The van der Waals surface area contributed by atoms with Gasteiger partial charge in [-0.15, -0.1) is 0 Å². The molecule has 2 aromatic rings. The number of hydrogen-bond acceptors (Lipinski definition) is 2. The molecule has 16 heavy (non-hydrogen) atoms. The molecule has 1 aromatic heterocycles. The molecule has 0 bridgehead atoms. The van der Waals surface area contributed by atoms with Gasteiger partial charge in [-0.05, 0) is 17.7 Å². The van der Waals surface area contributed by atoms with Gasteiger partial charge in [0.1, 0.15) is 18.9 Å². The van der Waals surface area contributed by atoms with E-state index in [-0.39, 0.29) is 0 Å². The van der Waals surface area contributed by atoms with Crippen molar-refractivity contribution in [2.75, 3.05) is 0 Å². The molecule has 0 amide bonds. The van der Waals surface area contributed by atoms with Crippen molar-refractivity contribution >= 4 is 11.8 Å². The van der Waals surface area contributed by atoms with Crippen LogP contribution in [0.3, 0.4) is 0 Å². The van der Waals surface area contributed by atoms with Crippen LogP contribution in [0.2, 0.25) is 0 Å². The first-order valence-electron chi connectivity index (χ1n) is 4.96. The van der Waals surface area contributed by atoms with Crippen LogP contribution in [0.5, 0.6) is 0 Å². The molecule has 0 aliphatic rings. The van der Waals surface area contributed by atoms with Gasteiger partial charge in [0, 0.05) is 0 Å². The Morgan fingerprint density at radius 1 is 1.38 bits per heavy atom. The van der Waals surface area contributed by atoms with E-state index in [9.17, 15) is 4.79 Å². The van der Waals surface area contributed by atoms with Crippen LogP contribution in [-0.4, -0.2) is 10.6 Å². The second-order valence-corrected chi connectivity index (χ2v) is 3.62. The lowest BCUT2D eigenvalue weighted by Crippen LogP contribution is -2.23. The van der Waals surface area contributed by atoms with Crippen LogP contribution >= 0.6 is 0 Å². The summed E-state index contributed by atoms with van der Waals surface area (Å²) in [6, 6.07) is 7.53. The first kappa shape index (κ1) is 10.3. The highest BCUT2D eigenvalue weighted by molar-refractivity contribution is 5.49. The largest absolute Gasteiger partial charge is 0.243 e. The summed E-state index contributed by atoms with van der Waals surface area (Å²) in [5.41, 5.74) is 1.80. The second-order valence-electron chi connectivity index (χ2n) is 3.62. The lowest BCUT2D eigenvalue weighted by atomic mass is 10.2. The quantitative estimate of drug-likeness (QED) is 0.431. The van der Waals surface area contributed by atoms with Gasteiger partial charge in [-0.1, -0.05) is 12.1 Å². The minimum atomic E-state index is 0.636. The van der Waals surface area contributed by atoms with Crippen LogP contribution < -0.4 is 4.57 Å². The molecule has 0 fully saturated rings. The summed E-state index contributed by atoms with van der Waals surface area (Å²) in [5, 5.41) is 0. The smallest absolute Gasteiger partial charge is 0.240 e. The van der Waals surface area contributed by atoms with E-state index in [1.54, 1.807) is 0 Å². The Labute approximate surface area is 93.5 Å². The zero-order valence-corrected chi connectivity index (χ0v) is 9.00. The van der Waals surface area contributed by atoms with E-state index in [0.717, 1.165) is 6.54 Å². The van der Waals surface area contributed by atoms with E-state index < -0.39 is 0 Å². The van der Waals surface area contributed by atoms with Gasteiger partial charge in [-0.3, -0.25) is 0 Å². The van der Waals surface area contributed by atoms with Gasteiger partial charge in [0.05, 0.1) is 12.7 Å². The summed E-state index contributed by atoms with van der Waals surface area (Å²) >= 11 is 0. The van der Waals surface area contributed by atoms with Crippen LogP contribution in [0, 0.1) is 0 Å². The number of aromatic nitrogens is 2. The summed E-state index contributed by atoms with van der Waals surface area (Å²) in [6.07, 6.45) is 7.54. The Kier molecular flexibility index (Phi) is 2.94. The summed E-state index contributed by atoms with van der Waals surface area (Å²) in [4.78, 5) is 13.6. The number of carbonyl (C=O) groups excluding carboxylic acids is 1. The van der Waals surface area contributed by atoms with Gasteiger partial charge in [-0.25, -0.2) is 13.9 Å². The van der Waals surface area contributed by atoms with E-state index >= 15 is 0 Å². The fourth-order valence-electron chi connectivity index (χ4n) is 1.53. The topological polar surface area (TPSA) is 38.2 Å². The standard InChI is InChI=1S/C12H12N3O/c1-14-6-7-15(10-14)8-11-2-4-12(5-3-11)13-9-16/h2-7,10H,8H2,1H3/q+1. The number of benzene rings is 1. The molecule has 4 nitrogen and oxygen atoms in total. The van der Waals surface area contributed by atoms with Crippen molar-refractivity contribution in [3.05, 3.63) is 48.5 Å². The van der Waals surface area contributed by atoms with Crippen LogP contribution in [0.25, 0.3) is 0 Å². The molecule has 0 spiro atoms. The Hall–Kier alpha value is -2.19. The summed E-state index contributed by atoms with van der Waals surface area (Å²) in [5.74, 6) is 0. The first-order chi connectivity index (χ1) is 7.78. The van der Waals surface area contributed by atoms with Gasteiger partial charge in [-0.2, -0.15) is 4.99 Å². The average Bonchev–Trinajstić information content (AvgIpc) is 2.67. The van der Waals surface area contributed by atoms with Gasteiger partial charge in [0.25, 0.3) is 0 Å². The minimum absolute atomic E-state index is 0.636. The molecule has 0 aliphatic carbocycles. The van der Waals surface area contributed by atoms with Crippen molar-refractivity contribution in [1.29, 1.82) is 0 Å². The van der Waals surface area contributed by atoms with Gasteiger partial charge in [0.2, 0.25) is 12.4 Å². The zero-order valence-electron chi connectivity index (χ0n) is 9.00. The third kappa shape index (κ3) is 2.43. The maximum Gasteiger partial charge on any atom is 0.243 e. The number of isocyanates is 1. The molecular formula is C12H12N3O+. The normalized spacial score (nSPS) is 9.81. The lowest BCUT2D eigenvalue weighted by Gasteiger charge is -1.97. The molecule has 0 unspecified atom stereocenters. The summed E-state index contributed by atoms with van der Waals surface area (Å²) in [7, 11) is 1.98. The van der Waals surface area contributed by atoms with Crippen LogP contribution in [0.1, 0.15) is 5.56 Å². The van der Waals surface area contributed by atoms with Crippen LogP contribution in [0.15, 0.2) is 48.0 Å². The van der Waals surface area contributed by atoms with Crippen molar-refractivity contribution in [1.82, 2.24) is 4.57 Å². The Morgan fingerprint density at radius 2 is 2.12 bits per heavy atom. The monoisotopic (exact) mass is 214 g/mol. The van der Waals surface area contributed by atoms with Crippen molar-refractivity contribution in [3.8, 4) is 0 Å². The van der Waals surface area contributed by atoms with E-state index in [4.69, 9.17) is 0 Å². The average molecular weight is 214 g/mol. The Balaban J connectivity index is 2.13. The maximum atomic E-state index is 10.1. The molecular weight excluding hydrogens is 202 g/mol. The number of nitrogens with zero attached hydrogens (tertiary/aromatic N) is 3. The molecule has 0 saturated heterocycles. The lowest BCUT2D eigenvalue weighted by molar-refractivity contribution is -0.671. The molecule has 0 atom stereocenters. The van der Waals surface area contributed by atoms with Gasteiger partial charge in [0.15, 0.2) is 0 Å². The molecule has 2 rings (SSSR count). The number of aryl methyl sites for hydroxylation is 1. The summed E-state index contributed by atoms with van der Waals surface area (Å²) < 4.78 is 4.07. The highest BCUT2D eigenvalue weighted by Gasteiger charge is 2.01. The van der Waals surface area contributed by atoms with E-state index in [1.165, 1.54) is 11.6 Å². The van der Waals surface area contributed by atoms with Crippen molar-refractivity contribution in [3.63, 3.8) is 0 Å². The third-order valence-electron chi connectivity index (χ3n) is 2.30. The van der Waals surface area contributed by atoms with E-state index in [2.05, 4.69) is 9.56 Å². The molecule has 0 N–H and O–H groups in total. The molecule has 80 valence electrons. The van der Waals surface area contributed by atoms with E-state index in [0.29, 0.717) is 5.69 Å². The first-order valence-corrected chi connectivity index (χ1v) is 4.96. The molecule has 4 heteroatoms. The number of imidazole rings is 1. The highest BCUT2D eigenvalue weighted by Crippen LogP contribution is 2.12. The number of rotatable bonds is 3. The van der Waals surface area contributed by atoms with Crippen LogP contribution in [-0.2, 0) is 18.4 Å².